The van der Waals surface area contributed by atoms with Gasteiger partial charge in [0.15, 0.2) is 5.78 Å². The number of hydrogen-bond acceptors (Lipinski definition) is 3. The van der Waals surface area contributed by atoms with Crippen molar-refractivity contribution in [2.45, 2.75) is 38.5 Å². The minimum absolute atomic E-state index is 0.0523. The van der Waals surface area contributed by atoms with Crippen molar-refractivity contribution in [2.24, 2.45) is 17.3 Å². The molecule has 0 radical (unpaired) electrons. The summed E-state index contributed by atoms with van der Waals surface area (Å²) in [4.78, 5) is 28.5. The number of allylic oxidation sites excluding steroid dienone is 1. The van der Waals surface area contributed by atoms with Crippen molar-refractivity contribution < 1.29 is 9.59 Å². The molecule has 26 heavy (non-hydrogen) atoms. The number of nitriles is 1. The average molecular weight is 348 g/mol. The van der Waals surface area contributed by atoms with E-state index < -0.39 is 10.8 Å². The Hall–Kier alpha value is -2.41. The van der Waals surface area contributed by atoms with Gasteiger partial charge in [0.05, 0.1) is 11.0 Å². The first-order valence-corrected chi connectivity index (χ1v) is 9.46. The molecule has 1 aliphatic heterocycles. The van der Waals surface area contributed by atoms with Crippen molar-refractivity contribution in [3.05, 3.63) is 47.5 Å². The molecule has 3 atom stereocenters. The molecule has 4 nitrogen and oxygen atoms in total. The van der Waals surface area contributed by atoms with Gasteiger partial charge in [-0.15, -0.1) is 0 Å². The van der Waals surface area contributed by atoms with Crippen LogP contribution in [0.5, 0.6) is 0 Å². The molecule has 2 aliphatic carbocycles. The van der Waals surface area contributed by atoms with Gasteiger partial charge in [0, 0.05) is 24.4 Å². The molecule has 4 heteroatoms. The molecule has 3 aliphatic rings. The van der Waals surface area contributed by atoms with Crippen LogP contribution in [0.3, 0.4) is 0 Å². The molecule has 1 aromatic rings. The number of ketones is 1. The molecular weight excluding hydrogens is 324 g/mol. The largest absolute Gasteiger partial charge is 0.341 e. The van der Waals surface area contributed by atoms with E-state index >= 15 is 0 Å². The molecule has 1 saturated carbocycles. The van der Waals surface area contributed by atoms with E-state index in [1.807, 2.05) is 42.2 Å². The van der Waals surface area contributed by atoms with Crippen molar-refractivity contribution >= 4 is 11.7 Å². The summed E-state index contributed by atoms with van der Waals surface area (Å²) in [7, 11) is 0. The van der Waals surface area contributed by atoms with Gasteiger partial charge in [-0.05, 0) is 36.8 Å². The summed E-state index contributed by atoms with van der Waals surface area (Å²) < 4.78 is 0. The van der Waals surface area contributed by atoms with E-state index in [0.29, 0.717) is 12.5 Å². The molecule has 2 fully saturated rings. The van der Waals surface area contributed by atoms with Gasteiger partial charge in [-0.1, -0.05) is 44.2 Å². The molecule has 0 bridgehead atoms. The van der Waals surface area contributed by atoms with Crippen LogP contribution in [0.15, 0.2) is 42.0 Å². The van der Waals surface area contributed by atoms with Crippen molar-refractivity contribution in [2.75, 3.05) is 13.1 Å². The van der Waals surface area contributed by atoms with Gasteiger partial charge in [-0.3, -0.25) is 9.59 Å². The highest BCUT2D eigenvalue weighted by atomic mass is 16.2. The molecule has 1 heterocycles. The van der Waals surface area contributed by atoms with Crippen LogP contribution in [-0.2, 0) is 15.0 Å². The van der Waals surface area contributed by atoms with Crippen molar-refractivity contribution in [3.8, 4) is 6.07 Å². The first kappa shape index (κ1) is 17.0. The summed E-state index contributed by atoms with van der Waals surface area (Å²) in [6.45, 7) is 5.42. The van der Waals surface area contributed by atoms with Gasteiger partial charge >= 0.3 is 0 Å². The standard InChI is InChI=1S/C22H24N2O2/c1-15-19(25)17(13-23)12-22(18-6-4-3-5-7-18)20(26)24(14-16-8-9-16)11-10-21(15,22)2/h3-7,12,15-16H,8-11,14H2,1-2H3/t15-,21+,22+/m1/s1. The van der Waals surface area contributed by atoms with Crippen molar-refractivity contribution in [1.82, 2.24) is 4.90 Å². The molecule has 134 valence electrons. The Morgan fingerprint density at radius 2 is 1.92 bits per heavy atom. The lowest BCUT2D eigenvalue weighted by molar-refractivity contribution is -0.152. The predicted octanol–water partition coefficient (Wildman–Crippen LogP) is 3.24. The van der Waals surface area contributed by atoms with Gasteiger partial charge in [0.1, 0.15) is 6.07 Å². The molecular formula is C22H24N2O2. The lowest BCUT2D eigenvalue weighted by Crippen LogP contribution is -2.65. The van der Waals surface area contributed by atoms with Gasteiger partial charge in [-0.25, -0.2) is 0 Å². The summed E-state index contributed by atoms with van der Waals surface area (Å²) in [5, 5.41) is 9.56. The Labute approximate surface area is 154 Å². The Bertz CT molecular complexity index is 833. The molecule has 1 aromatic carbocycles. The van der Waals surface area contributed by atoms with E-state index in [4.69, 9.17) is 0 Å². The van der Waals surface area contributed by atoms with Crippen LogP contribution in [0.1, 0.15) is 38.7 Å². The zero-order valence-electron chi connectivity index (χ0n) is 15.4. The first-order chi connectivity index (χ1) is 12.4. The number of carbonyl (C=O) groups is 2. The van der Waals surface area contributed by atoms with Gasteiger partial charge in [-0.2, -0.15) is 5.26 Å². The predicted molar refractivity (Wildman–Crippen MR) is 98.0 cm³/mol. The highest BCUT2D eigenvalue weighted by Gasteiger charge is 2.63. The second kappa shape index (κ2) is 5.81. The Morgan fingerprint density at radius 3 is 2.54 bits per heavy atom. The SMILES string of the molecule is C[C@@H]1C(=O)C(C#N)=C[C@]2(c3ccccc3)C(=O)N(CC3CC3)CC[C@@]12C. The fraction of sp³-hybridized carbons (Fsp3) is 0.500. The second-order valence-corrected chi connectivity index (χ2v) is 8.29. The van der Waals surface area contributed by atoms with E-state index in [0.717, 1.165) is 18.5 Å². The minimum atomic E-state index is -0.945. The molecule has 4 rings (SSSR count). The molecule has 0 aromatic heterocycles. The number of rotatable bonds is 3. The number of hydrogen-bond donors (Lipinski definition) is 0. The lowest BCUT2D eigenvalue weighted by atomic mass is 9.48. The zero-order valence-corrected chi connectivity index (χ0v) is 15.4. The third-order valence-electron chi connectivity index (χ3n) is 6.93. The quantitative estimate of drug-likeness (QED) is 0.842. The van der Waals surface area contributed by atoms with Crippen LogP contribution < -0.4 is 0 Å². The number of piperidine rings is 1. The van der Waals surface area contributed by atoms with Crippen LogP contribution in [0.25, 0.3) is 0 Å². The third-order valence-corrected chi connectivity index (χ3v) is 6.93. The van der Waals surface area contributed by atoms with Crippen LogP contribution >= 0.6 is 0 Å². The van der Waals surface area contributed by atoms with Crippen LogP contribution in [0.4, 0.5) is 0 Å². The van der Waals surface area contributed by atoms with Crippen LogP contribution in [-0.4, -0.2) is 29.7 Å². The number of nitrogens with zero attached hydrogens (tertiary/aromatic N) is 2. The highest BCUT2D eigenvalue weighted by molar-refractivity contribution is 6.06. The molecule has 0 N–H and O–H groups in total. The van der Waals surface area contributed by atoms with E-state index in [1.165, 1.54) is 12.8 Å². The van der Waals surface area contributed by atoms with E-state index in [1.54, 1.807) is 6.08 Å². The monoisotopic (exact) mass is 348 g/mol. The van der Waals surface area contributed by atoms with Crippen LogP contribution in [0, 0.1) is 28.6 Å². The lowest BCUT2D eigenvalue weighted by Gasteiger charge is -2.57. The molecule has 0 unspecified atom stereocenters. The number of likely N-dealkylation sites (tertiary alicyclic amines) is 1. The summed E-state index contributed by atoms with van der Waals surface area (Å²) >= 11 is 0. The fourth-order valence-electron chi connectivity index (χ4n) is 4.87. The smallest absolute Gasteiger partial charge is 0.237 e. The Kier molecular flexibility index (Phi) is 3.80. The summed E-state index contributed by atoms with van der Waals surface area (Å²) in [6.07, 6.45) is 4.83. The highest BCUT2D eigenvalue weighted by Crippen LogP contribution is 2.57. The van der Waals surface area contributed by atoms with Gasteiger partial charge < -0.3 is 4.90 Å². The Morgan fingerprint density at radius 1 is 1.23 bits per heavy atom. The molecule has 1 saturated heterocycles. The first-order valence-electron chi connectivity index (χ1n) is 9.46. The zero-order chi connectivity index (χ0) is 18.5. The normalized spacial score (nSPS) is 34.1. The average Bonchev–Trinajstić information content (AvgIpc) is 3.47. The maximum absolute atomic E-state index is 13.8. The summed E-state index contributed by atoms with van der Waals surface area (Å²) in [5.74, 6) is 0.161. The van der Waals surface area contributed by atoms with E-state index in [9.17, 15) is 14.9 Å². The van der Waals surface area contributed by atoms with E-state index in [2.05, 4.69) is 13.0 Å². The topological polar surface area (TPSA) is 61.2 Å². The number of carbonyl (C=O) groups excluding carboxylic acids is 2. The van der Waals surface area contributed by atoms with Crippen molar-refractivity contribution in [3.63, 3.8) is 0 Å². The third kappa shape index (κ3) is 2.19. The Balaban J connectivity index is 1.94. The van der Waals surface area contributed by atoms with Gasteiger partial charge in [0.25, 0.3) is 0 Å². The van der Waals surface area contributed by atoms with E-state index in [-0.39, 0.29) is 23.2 Å². The summed E-state index contributed by atoms with van der Waals surface area (Å²) in [6, 6.07) is 11.8. The fourth-order valence-corrected chi connectivity index (χ4v) is 4.87. The minimum Gasteiger partial charge on any atom is -0.341 e. The maximum atomic E-state index is 13.8. The van der Waals surface area contributed by atoms with Crippen LogP contribution in [0.2, 0.25) is 0 Å². The molecule has 1 amide bonds. The second-order valence-electron chi connectivity index (χ2n) is 8.29. The number of Topliss-reactive ketones (excluding diaryl/α,β-unsaturated/α-hetero) is 1. The number of benzene rings is 1. The molecule has 0 spiro atoms. The summed E-state index contributed by atoms with van der Waals surface area (Å²) in [5.41, 5.74) is -0.455. The maximum Gasteiger partial charge on any atom is 0.237 e. The van der Waals surface area contributed by atoms with Crippen molar-refractivity contribution in [1.29, 1.82) is 5.26 Å². The van der Waals surface area contributed by atoms with Gasteiger partial charge in [0.2, 0.25) is 5.91 Å². The number of fused-ring (bicyclic) bond motifs is 1. The number of amides is 1.